The Hall–Kier alpha value is -1.11. The van der Waals surface area contributed by atoms with E-state index in [2.05, 4.69) is 10.1 Å². The van der Waals surface area contributed by atoms with Gasteiger partial charge in [-0.3, -0.25) is 4.68 Å². The van der Waals surface area contributed by atoms with Gasteiger partial charge in [0.05, 0.1) is 0 Å². The molecule has 74 valence electrons. The second kappa shape index (κ2) is 2.69. The Kier molecular flexibility index (Phi) is 2.07. The molecule has 0 saturated heterocycles. The SMILES string of the molecule is Cn1ncnc1C(C)(N)C(F)(F)F. The number of aromatic nitrogens is 3. The summed E-state index contributed by atoms with van der Waals surface area (Å²) < 4.78 is 38.1. The van der Waals surface area contributed by atoms with Crippen molar-refractivity contribution in [3.8, 4) is 0 Å². The lowest BCUT2D eigenvalue weighted by molar-refractivity contribution is -0.187. The van der Waals surface area contributed by atoms with Gasteiger partial charge in [0.1, 0.15) is 6.33 Å². The van der Waals surface area contributed by atoms with Crippen molar-refractivity contribution in [2.75, 3.05) is 0 Å². The molecule has 2 N–H and O–H groups in total. The number of nitrogens with zero attached hydrogens (tertiary/aromatic N) is 3. The highest BCUT2D eigenvalue weighted by Gasteiger charge is 2.52. The van der Waals surface area contributed by atoms with E-state index in [0.717, 1.165) is 17.9 Å². The smallest absolute Gasteiger partial charge is 0.311 e. The highest BCUT2D eigenvalue weighted by molar-refractivity contribution is 5.06. The number of hydrogen-bond acceptors (Lipinski definition) is 3. The van der Waals surface area contributed by atoms with Gasteiger partial charge in [-0.15, -0.1) is 0 Å². The number of aryl methyl sites for hydroxylation is 1. The Balaban J connectivity index is 3.15. The molecule has 0 aliphatic rings. The minimum Gasteiger partial charge on any atom is -0.311 e. The van der Waals surface area contributed by atoms with Crippen molar-refractivity contribution in [2.24, 2.45) is 12.8 Å². The zero-order valence-corrected chi connectivity index (χ0v) is 7.13. The highest BCUT2D eigenvalue weighted by Crippen LogP contribution is 2.34. The summed E-state index contributed by atoms with van der Waals surface area (Å²) in [6.45, 7) is 0.858. The molecule has 0 saturated carbocycles. The third-order valence-corrected chi connectivity index (χ3v) is 1.76. The molecule has 0 aliphatic carbocycles. The van der Waals surface area contributed by atoms with Crippen molar-refractivity contribution in [3.05, 3.63) is 12.2 Å². The van der Waals surface area contributed by atoms with Gasteiger partial charge >= 0.3 is 6.18 Å². The third-order valence-electron chi connectivity index (χ3n) is 1.76. The lowest BCUT2D eigenvalue weighted by Crippen LogP contribution is -2.49. The fourth-order valence-corrected chi connectivity index (χ4v) is 0.893. The molecule has 1 aromatic heterocycles. The lowest BCUT2D eigenvalue weighted by atomic mass is 10.0. The van der Waals surface area contributed by atoms with E-state index in [0.29, 0.717) is 0 Å². The summed E-state index contributed by atoms with van der Waals surface area (Å²) in [7, 11) is 1.36. The van der Waals surface area contributed by atoms with Crippen LogP contribution in [0.4, 0.5) is 13.2 Å². The lowest BCUT2D eigenvalue weighted by Gasteiger charge is -2.25. The van der Waals surface area contributed by atoms with E-state index in [1.165, 1.54) is 7.05 Å². The minimum atomic E-state index is -4.53. The van der Waals surface area contributed by atoms with Crippen LogP contribution in [0.2, 0.25) is 0 Å². The van der Waals surface area contributed by atoms with Gasteiger partial charge in [-0.05, 0) is 6.92 Å². The molecule has 0 aliphatic heterocycles. The molecular formula is C6H9F3N4. The first-order chi connectivity index (χ1) is 5.77. The van der Waals surface area contributed by atoms with E-state index in [4.69, 9.17) is 5.73 Å². The maximum atomic E-state index is 12.4. The number of nitrogens with two attached hydrogens (primary N) is 1. The van der Waals surface area contributed by atoms with Gasteiger partial charge in [-0.2, -0.15) is 18.3 Å². The van der Waals surface area contributed by atoms with Gasteiger partial charge in [0, 0.05) is 7.05 Å². The first kappa shape index (κ1) is 9.97. The Morgan fingerprint density at radius 2 is 2.00 bits per heavy atom. The second-order valence-electron chi connectivity index (χ2n) is 2.91. The van der Waals surface area contributed by atoms with Crippen LogP contribution in [-0.2, 0) is 12.6 Å². The predicted octanol–water partition coefficient (Wildman–Crippen LogP) is 0.551. The number of hydrogen-bond donors (Lipinski definition) is 1. The van der Waals surface area contributed by atoms with E-state index in [1.807, 2.05) is 0 Å². The highest BCUT2D eigenvalue weighted by atomic mass is 19.4. The molecule has 1 rings (SSSR count). The summed E-state index contributed by atoms with van der Waals surface area (Å²) in [5.74, 6) is -0.306. The maximum Gasteiger partial charge on any atom is 0.413 e. The molecule has 13 heavy (non-hydrogen) atoms. The molecule has 0 fully saturated rings. The largest absolute Gasteiger partial charge is 0.413 e. The molecule has 1 aromatic rings. The normalized spacial score (nSPS) is 17.1. The fourth-order valence-electron chi connectivity index (χ4n) is 0.893. The van der Waals surface area contributed by atoms with Crippen LogP contribution in [-0.4, -0.2) is 20.9 Å². The summed E-state index contributed by atoms with van der Waals surface area (Å²) in [5, 5.41) is 3.52. The van der Waals surface area contributed by atoms with Crippen LogP contribution in [0.15, 0.2) is 6.33 Å². The van der Waals surface area contributed by atoms with Gasteiger partial charge in [0.25, 0.3) is 0 Å². The van der Waals surface area contributed by atoms with Crippen molar-refractivity contribution in [2.45, 2.75) is 18.6 Å². The Morgan fingerprint density at radius 1 is 1.46 bits per heavy atom. The molecule has 7 heteroatoms. The predicted molar refractivity (Wildman–Crippen MR) is 38.6 cm³/mol. The summed E-state index contributed by atoms with van der Waals surface area (Å²) in [6, 6.07) is 0. The topological polar surface area (TPSA) is 56.7 Å². The minimum absolute atomic E-state index is 0.306. The quantitative estimate of drug-likeness (QED) is 0.710. The Bertz CT molecular complexity index is 301. The first-order valence-electron chi connectivity index (χ1n) is 3.47. The van der Waals surface area contributed by atoms with Gasteiger partial charge < -0.3 is 5.73 Å². The van der Waals surface area contributed by atoms with E-state index in [-0.39, 0.29) is 5.82 Å². The van der Waals surface area contributed by atoms with Gasteiger partial charge in [-0.25, -0.2) is 4.98 Å². The van der Waals surface area contributed by atoms with Crippen molar-refractivity contribution in [1.82, 2.24) is 14.8 Å². The van der Waals surface area contributed by atoms with Crippen LogP contribution in [0, 0.1) is 0 Å². The van der Waals surface area contributed by atoms with E-state index >= 15 is 0 Å². The standard InChI is InChI=1S/C6H9F3N4/c1-5(10,6(7,8)9)4-11-3-12-13(4)2/h3H,10H2,1-2H3. The van der Waals surface area contributed by atoms with E-state index in [9.17, 15) is 13.2 Å². The molecule has 0 amide bonds. The summed E-state index contributed by atoms with van der Waals surface area (Å²) in [4.78, 5) is 3.46. The molecule has 1 unspecified atom stereocenters. The van der Waals surface area contributed by atoms with E-state index < -0.39 is 11.7 Å². The van der Waals surface area contributed by atoms with Crippen molar-refractivity contribution >= 4 is 0 Å². The second-order valence-corrected chi connectivity index (χ2v) is 2.91. The first-order valence-corrected chi connectivity index (χ1v) is 3.47. The van der Waals surface area contributed by atoms with Crippen LogP contribution in [0.3, 0.4) is 0 Å². The van der Waals surface area contributed by atoms with Gasteiger partial charge in [0.15, 0.2) is 11.4 Å². The Morgan fingerprint density at radius 3 is 2.31 bits per heavy atom. The van der Waals surface area contributed by atoms with Crippen molar-refractivity contribution in [1.29, 1.82) is 0 Å². The monoisotopic (exact) mass is 194 g/mol. The van der Waals surface area contributed by atoms with Crippen LogP contribution in [0.1, 0.15) is 12.7 Å². The van der Waals surface area contributed by atoms with Crippen LogP contribution in [0.5, 0.6) is 0 Å². The van der Waals surface area contributed by atoms with E-state index in [1.54, 1.807) is 0 Å². The van der Waals surface area contributed by atoms with Crippen LogP contribution < -0.4 is 5.73 Å². The molecule has 0 spiro atoms. The van der Waals surface area contributed by atoms with Crippen LogP contribution >= 0.6 is 0 Å². The number of halogens is 3. The average Bonchev–Trinajstić information content (AvgIpc) is 2.32. The van der Waals surface area contributed by atoms with Gasteiger partial charge in [0.2, 0.25) is 0 Å². The zero-order chi connectivity index (χ0) is 10.3. The van der Waals surface area contributed by atoms with Crippen molar-refractivity contribution < 1.29 is 13.2 Å². The molecule has 0 bridgehead atoms. The Labute approximate surface area is 72.6 Å². The average molecular weight is 194 g/mol. The van der Waals surface area contributed by atoms with Gasteiger partial charge in [-0.1, -0.05) is 0 Å². The van der Waals surface area contributed by atoms with Crippen molar-refractivity contribution in [3.63, 3.8) is 0 Å². The summed E-state index contributed by atoms with van der Waals surface area (Å²) in [6.07, 6.45) is -3.50. The molecular weight excluding hydrogens is 185 g/mol. The molecule has 0 radical (unpaired) electrons. The molecule has 1 atom stereocenters. The fraction of sp³-hybridized carbons (Fsp3) is 0.667. The zero-order valence-electron chi connectivity index (χ0n) is 7.13. The third kappa shape index (κ3) is 1.51. The maximum absolute atomic E-state index is 12.4. The summed E-state index contributed by atoms with van der Waals surface area (Å²) in [5.41, 5.74) is 2.65. The molecule has 4 nitrogen and oxygen atoms in total. The van der Waals surface area contributed by atoms with Crippen LogP contribution in [0.25, 0.3) is 0 Å². The molecule has 1 heterocycles. The molecule has 0 aromatic carbocycles. The summed E-state index contributed by atoms with van der Waals surface area (Å²) >= 11 is 0. The number of rotatable bonds is 1. The number of alkyl halides is 3.